The van der Waals surface area contributed by atoms with Crippen molar-refractivity contribution in [1.29, 1.82) is 0 Å². The van der Waals surface area contributed by atoms with E-state index >= 15 is 0 Å². The van der Waals surface area contributed by atoms with Gasteiger partial charge in [-0.05, 0) is 25.6 Å². The maximum absolute atomic E-state index is 12.6. The van der Waals surface area contributed by atoms with Crippen LogP contribution in [0.4, 0.5) is 5.69 Å². The van der Waals surface area contributed by atoms with Crippen molar-refractivity contribution in [3.63, 3.8) is 0 Å². The minimum absolute atomic E-state index is 0.124. The molecule has 1 fully saturated rings. The molecule has 1 atom stereocenters. The van der Waals surface area contributed by atoms with Gasteiger partial charge in [0.25, 0.3) is 0 Å². The van der Waals surface area contributed by atoms with Crippen LogP contribution < -0.4 is 14.8 Å². The maximum Gasteiger partial charge on any atom is 0.244 e. The van der Waals surface area contributed by atoms with E-state index in [4.69, 9.17) is 9.47 Å². The number of nitrogens with one attached hydrogen (secondary N) is 1. The van der Waals surface area contributed by atoms with Gasteiger partial charge in [0.15, 0.2) is 0 Å². The van der Waals surface area contributed by atoms with Crippen molar-refractivity contribution in [2.75, 3.05) is 52.3 Å². The lowest BCUT2D eigenvalue weighted by atomic mass is 10.2. The Morgan fingerprint density at radius 2 is 1.91 bits per heavy atom. The highest BCUT2D eigenvalue weighted by Crippen LogP contribution is 2.29. The SMILES string of the molecule is CCN1CCN(C(=O)[C@@H](C)Nc2ccc(OC)cc2OC)CC1. The Bertz CT molecular complexity index is 528. The molecule has 1 heterocycles. The van der Waals surface area contributed by atoms with Gasteiger partial charge in [-0.1, -0.05) is 6.92 Å². The molecule has 0 spiro atoms. The summed E-state index contributed by atoms with van der Waals surface area (Å²) in [5.74, 6) is 1.51. The summed E-state index contributed by atoms with van der Waals surface area (Å²) in [6.07, 6.45) is 0. The van der Waals surface area contributed by atoms with Crippen molar-refractivity contribution in [2.24, 2.45) is 0 Å². The molecule has 0 bridgehead atoms. The number of hydrogen-bond donors (Lipinski definition) is 1. The third kappa shape index (κ3) is 4.28. The van der Waals surface area contributed by atoms with E-state index in [9.17, 15) is 4.79 Å². The minimum Gasteiger partial charge on any atom is -0.497 e. The van der Waals surface area contributed by atoms with Crippen LogP contribution in [-0.4, -0.2) is 68.7 Å². The second-order valence-corrected chi connectivity index (χ2v) is 5.69. The summed E-state index contributed by atoms with van der Waals surface area (Å²) in [7, 11) is 3.22. The number of benzene rings is 1. The molecular formula is C17H27N3O3. The summed E-state index contributed by atoms with van der Waals surface area (Å²) >= 11 is 0. The fraction of sp³-hybridized carbons (Fsp3) is 0.588. The molecule has 6 nitrogen and oxygen atoms in total. The van der Waals surface area contributed by atoms with Crippen molar-refractivity contribution in [3.05, 3.63) is 18.2 Å². The van der Waals surface area contributed by atoms with E-state index in [2.05, 4.69) is 17.1 Å². The van der Waals surface area contributed by atoms with E-state index in [0.29, 0.717) is 5.75 Å². The number of amides is 1. The number of likely N-dealkylation sites (N-methyl/N-ethyl adjacent to an activating group) is 1. The molecular weight excluding hydrogens is 294 g/mol. The predicted octanol–water partition coefficient (Wildman–Crippen LogP) is 1.67. The van der Waals surface area contributed by atoms with Crippen LogP contribution in [0, 0.1) is 0 Å². The lowest BCUT2D eigenvalue weighted by molar-refractivity contribution is -0.133. The van der Waals surface area contributed by atoms with E-state index in [0.717, 1.165) is 44.2 Å². The van der Waals surface area contributed by atoms with Crippen LogP contribution >= 0.6 is 0 Å². The summed E-state index contributed by atoms with van der Waals surface area (Å²) < 4.78 is 10.6. The predicted molar refractivity (Wildman–Crippen MR) is 91.3 cm³/mol. The van der Waals surface area contributed by atoms with Gasteiger partial charge in [0.05, 0.1) is 19.9 Å². The number of methoxy groups -OCH3 is 2. The second kappa shape index (κ2) is 8.06. The largest absolute Gasteiger partial charge is 0.497 e. The average molecular weight is 321 g/mol. The first-order chi connectivity index (χ1) is 11.1. The maximum atomic E-state index is 12.6. The summed E-state index contributed by atoms with van der Waals surface area (Å²) in [6, 6.07) is 5.23. The smallest absolute Gasteiger partial charge is 0.244 e. The Labute approximate surface area is 138 Å². The molecule has 6 heteroatoms. The Morgan fingerprint density at radius 1 is 1.22 bits per heavy atom. The molecule has 1 saturated heterocycles. The lowest BCUT2D eigenvalue weighted by Gasteiger charge is -2.35. The van der Waals surface area contributed by atoms with E-state index in [1.54, 1.807) is 20.3 Å². The van der Waals surface area contributed by atoms with Gasteiger partial charge in [0, 0.05) is 32.2 Å². The van der Waals surface area contributed by atoms with Crippen molar-refractivity contribution in [2.45, 2.75) is 19.9 Å². The Kier molecular flexibility index (Phi) is 6.10. The zero-order chi connectivity index (χ0) is 16.8. The number of rotatable bonds is 6. The van der Waals surface area contributed by atoms with Crippen LogP contribution in [0.1, 0.15) is 13.8 Å². The first kappa shape index (κ1) is 17.4. The molecule has 2 rings (SSSR count). The monoisotopic (exact) mass is 321 g/mol. The third-order valence-electron chi connectivity index (χ3n) is 4.28. The van der Waals surface area contributed by atoms with E-state index < -0.39 is 0 Å². The molecule has 23 heavy (non-hydrogen) atoms. The van der Waals surface area contributed by atoms with Crippen LogP contribution in [0.2, 0.25) is 0 Å². The first-order valence-corrected chi connectivity index (χ1v) is 8.08. The Morgan fingerprint density at radius 3 is 2.48 bits per heavy atom. The summed E-state index contributed by atoms with van der Waals surface area (Å²) in [4.78, 5) is 16.9. The highest BCUT2D eigenvalue weighted by Gasteiger charge is 2.24. The van der Waals surface area contributed by atoms with Gasteiger partial charge in [-0.25, -0.2) is 0 Å². The van der Waals surface area contributed by atoms with Crippen LogP contribution in [0.25, 0.3) is 0 Å². The lowest BCUT2D eigenvalue weighted by Crippen LogP contribution is -2.52. The van der Waals surface area contributed by atoms with E-state index in [1.165, 1.54) is 0 Å². The molecule has 0 saturated carbocycles. The highest BCUT2D eigenvalue weighted by molar-refractivity contribution is 5.85. The summed E-state index contributed by atoms with van der Waals surface area (Å²) in [5, 5.41) is 3.25. The number of nitrogens with zero attached hydrogens (tertiary/aromatic N) is 2. The molecule has 0 aliphatic carbocycles. The van der Waals surface area contributed by atoms with Gasteiger partial charge in [0.1, 0.15) is 17.5 Å². The normalized spacial score (nSPS) is 16.8. The summed E-state index contributed by atoms with van der Waals surface area (Å²) in [6.45, 7) is 8.55. The molecule has 1 aromatic rings. The topological polar surface area (TPSA) is 54.0 Å². The molecule has 1 aliphatic rings. The molecule has 0 unspecified atom stereocenters. The number of piperazine rings is 1. The van der Waals surface area contributed by atoms with E-state index in [1.807, 2.05) is 24.0 Å². The van der Waals surface area contributed by atoms with Crippen molar-refractivity contribution in [1.82, 2.24) is 9.80 Å². The van der Waals surface area contributed by atoms with Crippen LogP contribution in [0.3, 0.4) is 0 Å². The van der Waals surface area contributed by atoms with Crippen LogP contribution in [0.5, 0.6) is 11.5 Å². The standard InChI is InChI=1S/C17H27N3O3/c1-5-19-8-10-20(11-9-19)17(21)13(2)18-15-7-6-14(22-3)12-16(15)23-4/h6-7,12-13,18H,5,8-11H2,1-4H3/t13-/m1/s1. The molecule has 0 radical (unpaired) electrons. The third-order valence-corrected chi connectivity index (χ3v) is 4.28. The number of anilines is 1. The number of carbonyl (C=O) groups is 1. The van der Waals surface area contributed by atoms with Crippen LogP contribution in [0.15, 0.2) is 18.2 Å². The zero-order valence-corrected chi connectivity index (χ0v) is 14.5. The number of ether oxygens (including phenoxy) is 2. The highest BCUT2D eigenvalue weighted by atomic mass is 16.5. The fourth-order valence-corrected chi connectivity index (χ4v) is 2.77. The quantitative estimate of drug-likeness (QED) is 0.864. The van der Waals surface area contributed by atoms with Crippen molar-refractivity contribution in [3.8, 4) is 11.5 Å². The molecule has 1 amide bonds. The van der Waals surface area contributed by atoms with Crippen LogP contribution in [-0.2, 0) is 4.79 Å². The van der Waals surface area contributed by atoms with Gasteiger partial charge in [-0.15, -0.1) is 0 Å². The van der Waals surface area contributed by atoms with E-state index in [-0.39, 0.29) is 11.9 Å². The Hall–Kier alpha value is -1.95. The number of carbonyl (C=O) groups excluding carboxylic acids is 1. The van der Waals surface area contributed by atoms with Gasteiger partial charge < -0.3 is 24.6 Å². The molecule has 1 N–H and O–H groups in total. The molecule has 128 valence electrons. The first-order valence-electron chi connectivity index (χ1n) is 8.08. The fourth-order valence-electron chi connectivity index (χ4n) is 2.77. The number of hydrogen-bond acceptors (Lipinski definition) is 5. The van der Waals surface area contributed by atoms with Gasteiger partial charge in [-0.2, -0.15) is 0 Å². The zero-order valence-electron chi connectivity index (χ0n) is 14.5. The Balaban J connectivity index is 1.98. The summed E-state index contributed by atoms with van der Waals surface area (Å²) in [5.41, 5.74) is 0.793. The molecule has 1 aromatic carbocycles. The minimum atomic E-state index is -0.300. The van der Waals surface area contributed by atoms with Crippen molar-refractivity contribution >= 4 is 11.6 Å². The van der Waals surface area contributed by atoms with Crippen molar-refractivity contribution < 1.29 is 14.3 Å². The molecule has 1 aliphatic heterocycles. The van der Waals surface area contributed by atoms with Gasteiger partial charge in [0.2, 0.25) is 5.91 Å². The average Bonchev–Trinajstić information content (AvgIpc) is 2.61. The molecule has 0 aromatic heterocycles. The van der Waals surface area contributed by atoms with Gasteiger partial charge >= 0.3 is 0 Å². The van der Waals surface area contributed by atoms with Gasteiger partial charge in [-0.3, -0.25) is 4.79 Å². The second-order valence-electron chi connectivity index (χ2n) is 5.69.